The first-order chi connectivity index (χ1) is 11.3. The molecule has 0 N–H and O–H groups in total. The highest BCUT2D eigenvalue weighted by atomic mass is 16.5. The Kier molecular flexibility index (Phi) is 3.43. The molecule has 1 radical (unpaired) electrons. The zero-order valence-electron chi connectivity index (χ0n) is 12.5. The van der Waals surface area contributed by atoms with Gasteiger partial charge in [0.05, 0.1) is 11.5 Å². The van der Waals surface area contributed by atoms with Gasteiger partial charge in [0.1, 0.15) is 0 Å². The van der Waals surface area contributed by atoms with Gasteiger partial charge in [-0.25, -0.2) is 4.79 Å². The first-order valence-corrected chi connectivity index (χ1v) is 7.63. The van der Waals surface area contributed by atoms with Gasteiger partial charge >= 0.3 is 5.97 Å². The number of carbonyl (C=O) groups is 1. The van der Waals surface area contributed by atoms with Crippen LogP contribution in [0.4, 0.5) is 0 Å². The van der Waals surface area contributed by atoms with Crippen molar-refractivity contribution in [1.82, 2.24) is 0 Å². The number of benzene rings is 3. The summed E-state index contributed by atoms with van der Waals surface area (Å²) in [6, 6.07) is 27.9. The fraction of sp³-hybridized carbons (Fsp3) is 0.0476. The molecule has 2 nitrogen and oxygen atoms in total. The number of esters is 1. The molecule has 4 rings (SSSR count). The summed E-state index contributed by atoms with van der Waals surface area (Å²) in [5, 5.41) is 0. The lowest BCUT2D eigenvalue weighted by atomic mass is 9.83. The molecule has 0 bridgehead atoms. The van der Waals surface area contributed by atoms with E-state index in [1.807, 2.05) is 60.7 Å². The van der Waals surface area contributed by atoms with Crippen molar-refractivity contribution in [3.05, 3.63) is 113 Å². The van der Waals surface area contributed by atoms with Gasteiger partial charge in [0.25, 0.3) is 0 Å². The monoisotopic (exact) mass is 299 g/mol. The minimum absolute atomic E-state index is 0.0926. The number of fused-ring (bicyclic) bond motifs is 1. The van der Waals surface area contributed by atoms with Crippen molar-refractivity contribution in [3.8, 4) is 0 Å². The first-order valence-electron chi connectivity index (χ1n) is 7.63. The van der Waals surface area contributed by atoms with E-state index in [-0.39, 0.29) is 11.9 Å². The number of carbonyl (C=O) groups excluding carboxylic acids is 1. The fourth-order valence-corrected chi connectivity index (χ4v) is 3.09. The van der Waals surface area contributed by atoms with Crippen LogP contribution in [0.15, 0.2) is 84.9 Å². The zero-order valence-corrected chi connectivity index (χ0v) is 12.5. The normalized spacial score (nSPS) is 13.9. The number of rotatable bonds is 3. The van der Waals surface area contributed by atoms with Crippen LogP contribution in [0.1, 0.15) is 33.0 Å². The molecule has 0 aliphatic carbocycles. The van der Waals surface area contributed by atoms with Crippen LogP contribution in [0.25, 0.3) is 0 Å². The smallest absolute Gasteiger partial charge is 0.339 e. The molecule has 111 valence electrons. The van der Waals surface area contributed by atoms with Crippen LogP contribution in [-0.4, -0.2) is 5.97 Å². The summed E-state index contributed by atoms with van der Waals surface area (Å²) >= 11 is 0. The predicted octanol–water partition coefficient (Wildman–Crippen LogP) is 4.57. The van der Waals surface area contributed by atoms with Crippen LogP contribution in [0.3, 0.4) is 0 Å². The Morgan fingerprint density at radius 3 is 1.65 bits per heavy atom. The number of hydrogen-bond donors (Lipinski definition) is 0. The molecular formula is C21H15O2. The highest BCUT2D eigenvalue weighted by Crippen LogP contribution is 2.43. The van der Waals surface area contributed by atoms with Crippen molar-refractivity contribution >= 4 is 5.97 Å². The van der Waals surface area contributed by atoms with Gasteiger partial charge < -0.3 is 4.74 Å². The summed E-state index contributed by atoms with van der Waals surface area (Å²) < 4.78 is 5.68. The molecule has 1 aliphatic rings. The first kappa shape index (κ1) is 13.8. The van der Waals surface area contributed by atoms with Crippen LogP contribution in [0.5, 0.6) is 0 Å². The number of ether oxygens (including phenoxy) is 1. The molecule has 0 fully saturated rings. The number of cyclic esters (lactones) is 1. The summed E-state index contributed by atoms with van der Waals surface area (Å²) in [6.45, 7) is 0. The maximum absolute atomic E-state index is 12.2. The SMILES string of the molecule is O=C1O[C](C(c2ccccc2)c2ccccc2)c2ccccc21. The minimum Gasteiger partial charge on any atom is -0.445 e. The van der Waals surface area contributed by atoms with Gasteiger partial charge in [0.2, 0.25) is 0 Å². The van der Waals surface area contributed by atoms with E-state index >= 15 is 0 Å². The predicted molar refractivity (Wildman–Crippen MR) is 88.9 cm³/mol. The van der Waals surface area contributed by atoms with Gasteiger partial charge in [-0.2, -0.15) is 0 Å². The van der Waals surface area contributed by atoms with Crippen molar-refractivity contribution in [2.45, 2.75) is 5.92 Å². The lowest BCUT2D eigenvalue weighted by molar-refractivity contribution is 0.0586. The molecule has 0 saturated carbocycles. The third kappa shape index (κ3) is 2.42. The molecule has 3 aromatic carbocycles. The molecule has 23 heavy (non-hydrogen) atoms. The Labute approximate surface area is 135 Å². The Morgan fingerprint density at radius 1 is 0.609 bits per heavy atom. The standard InChI is InChI=1S/C21H15O2/c22-21-18-14-8-7-13-17(18)20(23-21)19(15-9-3-1-4-10-15)16-11-5-2-6-12-16/h1-14,19H. The Hall–Kier alpha value is -2.87. The lowest BCUT2D eigenvalue weighted by Crippen LogP contribution is -2.14. The van der Waals surface area contributed by atoms with E-state index in [0.717, 1.165) is 16.7 Å². The summed E-state index contributed by atoms with van der Waals surface area (Å²) in [7, 11) is 0. The molecule has 1 aliphatic heterocycles. The molecule has 3 aromatic rings. The third-order valence-electron chi connectivity index (χ3n) is 4.14. The van der Waals surface area contributed by atoms with E-state index in [0.29, 0.717) is 11.7 Å². The highest BCUT2D eigenvalue weighted by molar-refractivity contribution is 5.96. The Morgan fingerprint density at radius 2 is 1.09 bits per heavy atom. The van der Waals surface area contributed by atoms with Crippen LogP contribution in [0, 0.1) is 6.10 Å². The second-order valence-corrected chi connectivity index (χ2v) is 5.55. The summed E-state index contributed by atoms with van der Waals surface area (Å²) in [5.41, 5.74) is 3.74. The van der Waals surface area contributed by atoms with Crippen LogP contribution < -0.4 is 0 Å². The molecule has 0 amide bonds. The average molecular weight is 299 g/mol. The quantitative estimate of drug-likeness (QED) is 0.662. The Bertz CT molecular complexity index is 785. The highest BCUT2D eigenvalue weighted by Gasteiger charge is 2.39. The van der Waals surface area contributed by atoms with E-state index in [2.05, 4.69) is 24.3 Å². The average Bonchev–Trinajstić information content (AvgIpc) is 2.94. The second kappa shape index (κ2) is 5.73. The number of hydrogen-bond acceptors (Lipinski definition) is 2. The summed E-state index contributed by atoms with van der Waals surface area (Å²) in [6.07, 6.45) is 0.711. The maximum atomic E-state index is 12.2. The topological polar surface area (TPSA) is 26.3 Å². The fourth-order valence-electron chi connectivity index (χ4n) is 3.09. The summed E-state index contributed by atoms with van der Waals surface area (Å²) in [4.78, 5) is 12.2. The zero-order chi connectivity index (χ0) is 15.6. The van der Waals surface area contributed by atoms with Crippen molar-refractivity contribution in [3.63, 3.8) is 0 Å². The van der Waals surface area contributed by atoms with Gasteiger partial charge in [0.15, 0.2) is 6.10 Å². The van der Waals surface area contributed by atoms with Gasteiger partial charge in [-0.3, -0.25) is 0 Å². The van der Waals surface area contributed by atoms with E-state index in [1.54, 1.807) is 0 Å². The van der Waals surface area contributed by atoms with E-state index in [4.69, 9.17) is 4.74 Å². The molecule has 0 saturated heterocycles. The summed E-state index contributed by atoms with van der Waals surface area (Å²) in [5.74, 6) is -0.363. The molecule has 0 unspecified atom stereocenters. The van der Waals surface area contributed by atoms with E-state index in [1.165, 1.54) is 0 Å². The second-order valence-electron chi connectivity index (χ2n) is 5.55. The van der Waals surface area contributed by atoms with E-state index < -0.39 is 0 Å². The molecular weight excluding hydrogens is 284 g/mol. The third-order valence-corrected chi connectivity index (χ3v) is 4.14. The van der Waals surface area contributed by atoms with E-state index in [9.17, 15) is 4.79 Å². The van der Waals surface area contributed by atoms with Gasteiger partial charge in [0, 0.05) is 5.56 Å². The van der Waals surface area contributed by atoms with Gasteiger partial charge in [-0.1, -0.05) is 78.9 Å². The minimum atomic E-state index is -0.271. The lowest BCUT2D eigenvalue weighted by Gasteiger charge is -2.23. The molecule has 0 atom stereocenters. The maximum Gasteiger partial charge on any atom is 0.339 e. The molecule has 1 heterocycles. The largest absolute Gasteiger partial charge is 0.445 e. The van der Waals surface area contributed by atoms with Crippen molar-refractivity contribution in [2.24, 2.45) is 0 Å². The van der Waals surface area contributed by atoms with Crippen LogP contribution in [-0.2, 0) is 4.74 Å². The molecule has 2 heteroatoms. The molecule has 0 spiro atoms. The van der Waals surface area contributed by atoms with Crippen molar-refractivity contribution < 1.29 is 9.53 Å². The van der Waals surface area contributed by atoms with Gasteiger partial charge in [-0.15, -0.1) is 0 Å². The Balaban J connectivity index is 1.86. The van der Waals surface area contributed by atoms with Crippen molar-refractivity contribution in [2.75, 3.05) is 0 Å². The van der Waals surface area contributed by atoms with Crippen LogP contribution in [0.2, 0.25) is 0 Å². The van der Waals surface area contributed by atoms with Crippen LogP contribution >= 0.6 is 0 Å². The van der Waals surface area contributed by atoms with Crippen molar-refractivity contribution in [1.29, 1.82) is 0 Å². The molecule has 0 aromatic heterocycles. The van der Waals surface area contributed by atoms with Gasteiger partial charge in [-0.05, 0) is 17.2 Å².